The van der Waals surface area contributed by atoms with Crippen LogP contribution >= 0.6 is 11.6 Å². The van der Waals surface area contributed by atoms with E-state index in [4.69, 9.17) is 16.3 Å². The zero-order valence-corrected chi connectivity index (χ0v) is 11.1. The number of nitrogens with one attached hydrogen (secondary N) is 1. The lowest BCUT2D eigenvalue weighted by Crippen LogP contribution is -2.29. The van der Waals surface area contributed by atoms with Gasteiger partial charge in [0.25, 0.3) is 0 Å². The summed E-state index contributed by atoms with van der Waals surface area (Å²) >= 11 is 5.92. The summed E-state index contributed by atoms with van der Waals surface area (Å²) in [6.45, 7) is 5.82. The summed E-state index contributed by atoms with van der Waals surface area (Å²) < 4.78 is 5.55. The number of benzene rings is 1. The van der Waals surface area contributed by atoms with E-state index in [0.717, 1.165) is 29.3 Å². The molecule has 0 heterocycles. The van der Waals surface area contributed by atoms with Crippen LogP contribution in [0, 0.1) is 6.92 Å². The standard InChI is InChI=1S/C13H20ClNO2/c1-3-11(16)9-15-6-7-17-12-4-5-13(14)10(2)8-12/h4-5,8,11,15-16H,3,6-7,9H2,1-2H3/t11-/m1/s1. The molecule has 0 amide bonds. The maximum atomic E-state index is 9.32. The smallest absolute Gasteiger partial charge is 0.119 e. The van der Waals surface area contributed by atoms with Crippen LogP contribution in [0.15, 0.2) is 18.2 Å². The van der Waals surface area contributed by atoms with Crippen LogP contribution in [0.25, 0.3) is 0 Å². The molecule has 1 atom stereocenters. The molecule has 0 aliphatic rings. The van der Waals surface area contributed by atoms with Crippen molar-refractivity contribution >= 4 is 11.6 Å². The Morgan fingerprint density at radius 3 is 2.88 bits per heavy atom. The van der Waals surface area contributed by atoms with Crippen molar-refractivity contribution in [2.24, 2.45) is 0 Å². The lowest BCUT2D eigenvalue weighted by atomic mass is 10.2. The van der Waals surface area contributed by atoms with Gasteiger partial charge in [0.05, 0.1) is 6.10 Å². The van der Waals surface area contributed by atoms with E-state index in [1.807, 2.05) is 32.0 Å². The van der Waals surface area contributed by atoms with Crippen LogP contribution in [0.4, 0.5) is 0 Å². The number of aliphatic hydroxyl groups excluding tert-OH is 1. The van der Waals surface area contributed by atoms with Gasteiger partial charge < -0.3 is 15.2 Å². The summed E-state index contributed by atoms with van der Waals surface area (Å²) in [6.07, 6.45) is 0.498. The third-order valence-electron chi connectivity index (χ3n) is 2.53. The van der Waals surface area contributed by atoms with Gasteiger partial charge in [-0.15, -0.1) is 0 Å². The van der Waals surface area contributed by atoms with Gasteiger partial charge >= 0.3 is 0 Å². The van der Waals surface area contributed by atoms with Gasteiger partial charge in [-0.05, 0) is 37.1 Å². The van der Waals surface area contributed by atoms with Crippen molar-refractivity contribution in [1.82, 2.24) is 5.32 Å². The molecule has 0 unspecified atom stereocenters. The Morgan fingerprint density at radius 2 is 2.24 bits per heavy atom. The third kappa shape index (κ3) is 5.39. The molecule has 0 aliphatic heterocycles. The van der Waals surface area contributed by atoms with Crippen molar-refractivity contribution in [3.8, 4) is 5.75 Å². The van der Waals surface area contributed by atoms with E-state index >= 15 is 0 Å². The van der Waals surface area contributed by atoms with Crippen LogP contribution < -0.4 is 10.1 Å². The van der Waals surface area contributed by atoms with E-state index in [1.54, 1.807) is 0 Å². The van der Waals surface area contributed by atoms with Crippen molar-refractivity contribution < 1.29 is 9.84 Å². The van der Waals surface area contributed by atoms with Crippen molar-refractivity contribution in [2.45, 2.75) is 26.4 Å². The molecule has 0 saturated carbocycles. The minimum atomic E-state index is -0.271. The van der Waals surface area contributed by atoms with E-state index in [1.165, 1.54) is 0 Å². The maximum absolute atomic E-state index is 9.32. The van der Waals surface area contributed by atoms with Gasteiger partial charge in [0.15, 0.2) is 0 Å². The van der Waals surface area contributed by atoms with Gasteiger partial charge in [-0.25, -0.2) is 0 Å². The molecule has 3 nitrogen and oxygen atoms in total. The number of aryl methyl sites for hydroxylation is 1. The average Bonchev–Trinajstić information content (AvgIpc) is 2.33. The zero-order chi connectivity index (χ0) is 12.7. The highest BCUT2D eigenvalue weighted by Gasteiger charge is 2.00. The van der Waals surface area contributed by atoms with Gasteiger partial charge in [-0.2, -0.15) is 0 Å². The molecule has 0 bridgehead atoms. The minimum absolute atomic E-state index is 0.271. The first-order valence-electron chi connectivity index (χ1n) is 5.91. The first-order valence-corrected chi connectivity index (χ1v) is 6.29. The Balaban J connectivity index is 2.20. The van der Waals surface area contributed by atoms with Gasteiger partial charge in [-0.3, -0.25) is 0 Å². The molecular formula is C13H20ClNO2. The second-order valence-electron chi connectivity index (χ2n) is 4.03. The lowest BCUT2D eigenvalue weighted by molar-refractivity contribution is 0.165. The van der Waals surface area contributed by atoms with E-state index in [0.29, 0.717) is 13.2 Å². The molecule has 4 heteroatoms. The van der Waals surface area contributed by atoms with Gasteiger partial charge in [-0.1, -0.05) is 18.5 Å². The highest BCUT2D eigenvalue weighted by molar-refractivity contribution is 6.31. The minimum Gasteiger partial charge on any atom is -0.492 e. The molecule has 0 saturated heterocycles. The second-order valence-corrected chi connectivity index (χ2v) is 4.43. The highest BCUT2D eigenvalue weighted by atomic mass is 35.5. The van der Waals surface area contributed by atoms with Crippen LogP contribution in [-0.4, -0.2) is 30.9 Å². The molecule has 1 aromatic carbocycles. The van der Waals surface area contributed by atoms with E-state index < -0.39 is 0 Å². The summed E-state index contributed by atoms with van der Waals surface area (Å²) in [5, 5.41) is 13.2. The Labute approximate surface area is 108 Å². The molecule has 1 rings (SSSR count). The largest absolute Gasteiger partial charge is 0.492 e. The number of ether oxygens (including phenoxy) is 1. The fourth-order valence-electron chi connectivity index (χ4n) is 1.36. The summed E-state index contributed by atoms with van der Waals surface area (Å²) in [5.41, 5.74) is 1.01. The Hall–Kier alpha value is -0.770. The van der Waals surface area contributed by atoms with Gasteiger partial charge in [0, 0.05) is 18.1 Å². The molecule has 0 spiro atoms. The van der Waals surface area contributed by atoms with Crippen LogP contribution in [0.5, 0.6) is 5.75 Å². The van der Waals surface area contributed by atoms with Crippen LogP contribution in [0.3, 0.4) is 0 Å². The average molecular weight is 258 g/mol. The maximum Gasteiger partial charge on any atom is 0.119 e. The zero-order valence-electron chi connectivity index (χ0n) is 10.4. The van der Waals surface area contributed by atoms with Crippen LogP contribution in [0.1, 0.15) is 18.9 Å². The number of rotatable bonds is 7. The van der Waals surface area contributed by atoms with Crippen molar-refractivity contribution in [1.29, 1.82) is 0 Å². The monoisotopic (exact) mass is 257 g/mol. The first kappa shape index (κ1) is 14.3. The predicted octanol–water partition coefficient (Wildman–Crippen LogP) is 2.39. The van der Waals surface area contributed by atoms with Crippen molar-refractivity contribution in [2.75, 3.05) is 19.7 Å². The fourth-order valence-corrected chi connectivity index (χ4v) is 1.48. The summed E-state index contributed by atoms with van der Waals surface area (Å²) in [5.74, 6) is 0.824. The van der Waals surface area contributed by atoms with Gasteiger partial charge in [0.2, 0.25) is 0 Å². The molecule has 1 aromatic rings. The summed E-state index contributed by atoms with van der Waals surface area (Å²) in [4.78, 5) is 0. The molecular weight excluding hydrogens is 238 g/mol. The van der Waals surface area contributed by atoms with Gasteiger partial charge in [0.1, 0.15) is 12.4 Å². The number of aliphatic hydroxyl groups is 1. The highest BCUT2D eigenvalue weighted by Crippen LogP contribution is 2.20. The molecule has 0 fully saturated rings. The van der Waals surface area contributed by atoms with E-state index in [-0.39, 0.29) is 6.10 Å². The molecule has 17 heavy (non-hydrogen) atoms. The molecule has 0 radical (unpaired) electrons. The quantitative estimate of drug-likeness (QED) is 0.737. The molecule has 0 aromatic heterocycles. The van der Waals surface area contributed by atoms with E-state index in [2.05, 4.69) is 5.32 Å². The predicted molar refractivity (Wildman–Crippen MR) is 70.9 cm³/mol. The normalized spacial score (nSPS) is 12.5. The third-order valence-corrected chi connectivity index (χ3v) is 2.95. The fraction of sp³-hybridized carbons (Fsp3) is 0.538. The summed E-state index contributed by atoms with van der Waals surface area (Å²) in [7, 11) is 0. The van der Waals surface area contributed by atoms with Crippen LogP contribution in [0.2, 0.25) is 5.02 Å². The Morgan fingerprint density at radius 1 is 1.47 bits per heavy atom. The van der Waals surface area contributed by atoms with Crippen LogP contribution in [-0.2, 0) is 0 Å². The lowest BCUT2D eigenvalue weighted by Gasteiger charge is -2.11. The number of halogens is 1. The number of hydrogen-bond acceptors (Lipinski definition) is 3. The first-order chi connectivity index (χ1) is 8.13. The van der Waals surface area contributed by atoms with E-state index in [9.17, 15) is 5.11 Å². The molecule has 2 N–H and O–H groups in total. The van der Waals surface area contributed by atoms with Crippen molar-refractivity contribution in [3.05, 3.63) is 28.8 Å². The molecule has 96 valence electrons. The topological polar surface area (TPSA) is 41.5 Å². The Bertz CT molecular complexity index is 344. The number of hydrogen-bond donors (Lipinski definition) is 2. The SMILES string of the molecule is CC[C@@H](O)CNCCOc1ccc(Cl)c(C)c1. The second kappa shape index (κ2) is 7.54. The van der Waals surface area contributed by atoms with Crippen molar-refractivity contribution in [3.63, 3.8) is 0 Å². The summed E-state index contributed by atoms with van der Waals surface area (Å²) in [6, 6.07) is 5.61. The molecule has 0 aliphatic carbocycles. The Kier molecular flexibility index (Phi) is 6.34.